The summed E-state index contributed by atoms with van der Waals surface area (Å²) in [7, 11) is 0. The molecule has 5 aromatic rings. The molecule has 0 radical (unpaired) electrons. The van der Waals surface area contributed by atoms with E-state index in [4.69, 9.17) is 9.72 Å². The zero-order chi connectivity index (χ0) is 29.2. The Morgan fingerprint density at radius 1 is 0.907 bits per heavy atom. The van der Waals surface area contributed by atoms with Gasteiger partial charge in [0.25, 0.3) is 5.91 Å². The van der Waals surface area contributed by atoms with E-state index < -0.39 is 0 Å². The molecule has 2 aliphatic heterocycles. The number of nitrogens with zero attached hydrogens (tertiary/aromatic N) is 4. The quantitative estimate of drug-likeness (QED) is 0.265. The highest BCUT2D eigenvalue weighted by Gasteiger charge is 2.25. The Labute approximate surface area is 253 Å². The second-order valence-corrected chi connectivity index (χ2v) is 11.9. The average Bonchev–Trinajstić information content (AvgIpc) is 3.64. The Kier molecular flexibility index (Phi) is 7.83. The first kappa shape index (κ1) is 27.6. The number of hydrogen-bond donors (Lipinski definition) is 1. The van der Waals surface area contributed by atoms with Crippen LogP contribution in [0, 0.1) is 6.92 Å². The molecule has 2 saturated heterocycles. The van der Waals surface area contributed by atoms with E-state index in [-0.39, 0.29) is 5.91 Å². The van der Waals surface area contributed by atoms with Gasteiger partial charge < -0.3 is 24.1 Å². The predicted octanol–water partition coefficient (Wildman–Crippen LogP) is 5.85. The van der Waals surface area contributed by atoms with E-state index in [1.807, 2.05) is 17.4 Å². The molecule has 7 nitrogen and oxygen atoms in total. The smallest absolute Gasteiger partial charge is 0.256 e. The molecule has 0 atom stereocenters. The van der Waals surface area contributed by atoms with Gasteiger partial charge in [0.2, 0.25) is 0 Å². The van der Waals surface area contributed by atoms with Crippen LogP contribution in [0.5, 0.6) is 0 Å². The number of nitrogens with one attached hydrogen (secondary N) is 1. The van der Waals surface area contributed by atoms with Gasteiger partial charge in [0.15, 0.2) is 0 Å². The van der Waals surface area contributed by atoms with Crippen LogP contribution >= 0.6 is 0 Å². The summed E-state index contributed by atoms with van der Waals surface area (Å²) in [6.07, 6.45) is 8.52. The number of morpholine rings is 1. The Morgan fingerprint density at radius 2 is 1.67 bits per heavy atom. The lowest BCUT2D eigenvalue weighted by atomic mass is 9.90. The van der Waals surface area contributed by atoms with Gasteiger partial charge >= 0.3 is 0 Å². The topological polar surface area (TPSA) is 64.3 Å². The van der Waals surface area contributed by atoms with E-state index in [2.05, 4.69) is 94.3 Å². The molecule has 3 aromatic carbocycles. The van der Waals surface area contributed by atoms with E-state index in [0.29, 0.717) is 38.8 Å². The summed E-state index contributed by atoms with van der Waals surface area (Å²) in [5, 5.41) is 5.77. The molecule has 7 rings (SSSR count). The lowest BCUT2D eigenvalue weighted by Gasteiger charge is -2.27. The molecule has 2 aliphatic rings. The normalized spacial score (nSPS) is 16.2. The molecular formula is C36H39N5O2. The van der Waals surface area contributed by atoms with Crippen molar-refractivity contribution in [3.05, 3.63) is 114 Å². The maximum atomic E-state index is 13.9. The minimum atomic E-state index is 0.0593. The van der Waals surface area contributed by atoms with E-state index >= 15 is 0 Å². The van der Waals surface area contributed by atoms with Crippen LogP contribution < -0.4 is 5.32 Å². The summed E-state index contributed by atoms with van der Waals surface area (Å²) >= 11 is 0. The molecule has 4 heterocycles. The minimum Gasteiger partial charge on any atom is -0.378 e. The van der Waals surface area contributed by atoms with E-state index in [0.717, 1.165) is 58.5 Å². The van der Waals surface area contributed by atoms with E-state index in [1.54, 1.807) is 0 Å². The molecule has 1 amide bonds. The summed E-state index contributed by atoms with van der Waals surface area (Å²) in [6.45, 7) is 8.05. The number of carbonyl (C=O) groups is 1. The van der Waals surface area contributed by atoms with Crippen LogP contribution in [0.4, 0.5) is 0 Å². The number of fused-ring (bicyclic) bond motifs is 1. The molecular weight excluding hydrogens is 534 g/mol. The second-order valence-electron chi connectivity index (χ2n) is 11.9. The van der Waals surface area contributed by atoms with Crippen molar-refractivity contribution in [1.29, 1.82) is 0 Å². The first-order valence-corrected chi connectivity index (χ1v) is 15.5. The zero-order valence-corrected chi connectivity index (χ0v) is 24.8. The van der Waals surface area contributed by atoms with E-state index in [9.17, 15) is 4.79 Å². The average molecular weight is 574 g/mol. The molecule has 0 aliphatic carbocycles. The minimum absolute atomic E-state index is 0.0593. The van der Waals surface area contributed by atoms with Gasteiger partial charge in [-0.05, 0) is 66.2 Å². The number of hydrogen-bond acceptors (Lipinski definition) is 4. The van der Waals surface area contributed by atoms with Crippen molar-refractivity contribution in [2.75, 3.05) is 39.4 Å². The molecule has 1 N–H and O–H groups in total. The summed E-state index contributed by atoms with van der Waals surface area (Å²) in [5.41, 5.74) is 7.63. The monoisotopic (exact) mass is 573 g/mol. The predicted molar refractivity (Wildman–Crippen MR) is 171 cm³/mol. The summed E-state index contributed by atoms with van der Waals surface area (Å²) in [5.74, 6) is 0.712. The maximum absolute atomic E-state index is 13.9. The van der Waals surface area contributed by atoms with Gasteiger partial charge in [-0.3, -0.25) is 4.79 Å². The highest BCUT2D eigenvalue weighted by Crippen LogP contribution is 2.33. The first-order chi connectivity index (χ1) is 21.1. The Hall–Kier alpha value is -4.20. The number of benzene rings is 3. The molecule has 2 fully saturated rings. The van der Waals surface area contributed by atoms with Gasteiger partial charge in [-0.1, -0.05) is 66.7 Å². The Morgan fingerprint density at radius 3 is 2.49 bits per heavy atom. The summed E-state index contributed by atoms with van der Waals surface area (Å²) < 4.78 is 9.94. The van der Waals surface area contributed by atoms with Crippen molar-refractivity contribution < 1.29 is 9.53 Å². The number of aryl methyl sites for hydroxylation is 1. The first-order valence-electron chi connectivity index (χ1n) is 15.5. The standard InChI is InChI=1S/C36H39N5O2/c1-26-35(41(25-38-26)21-27-9-11-28(12-10-27)29-13-15-37-16-14-29)24-39-22-33(32-8-4-6-30-5-2-3-7-31(30)32)34(23-39)36(42)40-17-19-43-20-18-40/h2-12,22-23,25,29,37H,13-21,24H2,1H3. The number of rotatable bonds is 7. The summed E-state index contributed by atoms with van der Waals surface area (Å²) in [6, 6.07) is 23.9. The van der Waals surface area contributed by atoms with Gasteiger partial charge in [-0.2, -0.15) is 0 Å². The lowest BCUT2D eigenvalue weighted by molar-refractivity contribution is 0.0303. The third kappa shape index (κ3) is 5.75. The van der Waals surface area contributed by atoms with Crippen molar-refractivity contribution in [2.24, 2.45) is 0 Å². The van der Waals surface area contributed by atoms with Crippen LogP contribution in [0.3, 0.4) is 0 Å². The van der Waals surface area contributed by atoms with Crippen molar-refractivity contribution in [2.45, 2.75) is 38.8 Å². The van der Waals surface area contributed by atoms with Crippen LogP contribution in [0.25, 0.3) is 21.9 Å². The van der Waals surface area contributed by atoms with Crippen molar-refractivity contribution in [1.82, 2.24) is 24.3 Å². The SMILES string of the molecule is Cc1ncn(Cc2ccc(C3CCNCC3)cc2)c1Cn1cc(C(=O)N2CCOCC2)c(-c2cccc3ccccc23)c1. The summed E-state index contributed by atoms with van der Waals surface area (Å²) in [4.78, 5) is 20.5. The van der Waals surface area contributed by atoms with Gasteiger partial charge in [0.05, 0.1) is 43.0 Å². The Bertz CT molecular complexity index is 1720. The maximum Gasteiger partial charge on any atom is 0.256 e. The number of aromatic nitrogens is 3. The fraction of sp³-hybridized carbons (Fsp3) is 0.333. The lowest BCUT2D eigenvalue weighted by Crippen LogP contribution is -2.40. The molecule has 2 aromatic heterocycles. The van der Waals surface area contributed by atoms with Gasteiger partial charge in [0.1, 0.15) is 0 Å². The highest BCUT2D eigenvalue weighted by atomic mass is 16.5. The van der Waals surface area contributed by atoms with Crippen LogP contribution in [0.1, 0.15) is 51.6 Å². The third-order valence-electron chi connectivity index (χ3n) is 9.12. The number of imidazole rings is 1. The molecule has 220 valence electrons. The number of carbonyl (C=O) groups excluding carboxylic acids is 1. The Balaban J connectivity index is 1.19. The van der Waals surface area contributed by atoms with E-state index in [1.165, 1.54) is 24.0 Å². The zero-order valence-electron chi connectivity index (χ0n) is 24.8. The highest BCUT2D eigenvalue weighted by molar-refractivity contribution is 6.06. The van der Waals surface area contributed by atoms with Crippen molar-refractivity contribution in [3.63, 3.8) is 0 Å². The number of piperidine rings is 1. The molecule has 7 heteroatoms. The van der Waals surface area contributed by atoms with Crippen LogP contribution in [-0.2, 0) is 17.8 Å². The van der Waals surface area contributed by atoms with Crippen LogP contribution in [0.15, 0.2) is 85.5 Å². The molecule has 43 heavy (non-hydrogen) atoms. The van der Waals surface area contributed by atoms with Gasteiger partial charge in [0, 0.05) is 37.6 Å². The molecule has 0 spiro atoms. The fourth-order valence-corrected chi connectivity index (χ4v) is 6.65. The third-order valence-corrected chi connectivity index (χ3v) is 9.12. The van der Waals surface area contributed by atoms with Gasteiger partial charge in [-0.15, -0.1) is 0 Å². The van der Waals surface area contributed by atoms with Crippen molar-refractivity contribution >= 4 is 16.7 Å². The fourth-order valence-electron chi connectivity index (χ4n) is 6.65. The molecule has 0 bridgehead atoms. The van der Waals surface area contributed by atoms with Crippen LogP contribution in [-0.4, -0.2) is 64.3 Å². The number of amides is 1. The van der Waals surface area contributed by atoms with Gasteiger partial charge in [-0.25, -0.2) is 4.98 Å². The largest absolute Gasteiger partial charge is 0.378 e. The second kappa shape index (κ2) is 12.2. The number of ether oxygens (including phenoxy) is 1. The molecule has 0 unspecified atom stereocenters. The van der Waals surface area contributed by atoms with Crippen molar-refractivity contribution in [3.8, 4) is 11.1 Å². The molecule has 0 saturated carbocycles. The van der Waals surface area contributed by atoms with Crippen LogP contribution in [0.2, 0.25) is 0 Å².